The van der Waals surface area contributed by atoms with Crippen molar-refractivity contribution in [3.05, 3.63) is 23.3 Å². The van der Waals surface area contributed by atoms with E-state index in [4.69, 9.17) is 0 Å². The summed E-state index contributed by atoms with van der Waals surface area (Å²) in [4.78, 5) is 11.3. The number of ketones is 1. The minimum atomic E-state index is -0.234. The summed E-state index contributed by atoms with van der Waals surface area (Å²) in [5.74, 6) is -0.245. The Morgan fingerprint density at radius 3 is 2.07 bits per heavy atom. The van der Waals surface area contributed by atoms with Gasteiger partial charge in [-0.25, -0.2) is 0 Å². The van der Waals surface area contributed by atoms with Crippen molar-refractivity contribution in [1.29, 1.82) is 0 Å². The Morgan fingerprint density at radius 1 is 1.21 bits per heavy atom. The molecule has 0 aliphatic carbocycles. The van der Waals surface area contributed by atoms with Crippen molar-refractivity contribution < 1.29 is 15.0 Å². The minimum absolute atomic E-state index is 0.000926. The van der Waals surface area contributed by atoms with Gasteiger partial charge in [-0.2, -0.15) is 0 Å². The van der Waals surface area contributed by atoms with Gasteiger partial charge in [-0.05, 0) is 25.0 Å². The number of hydrogen-bond acceptors (Lipinski definition) is 3. The van der Waals surface area contributed by atoms with Crippen molar-refractivity contribution >= 4 is 5.78 Å². The number of carbonyl (C=O) groups excluding carboxylic acids is 1. The molecule has 0 aromatic heterocycles. The number of phenols is 2. The Balaban J connectivity index is 3.50. The van der Waals surface area contributed by atoms with E-state index < -0.39 is 0 Å². The normalized spacial score (nSPS) is 10.6. The van der Waals surface area contributed by atoms with Gasteiger partial charge in [0.05, 0.1) is 5.56 Å². The summed E-state index contributed by atoms with van der Waals surface area (Å²) in [5.41, 5.74) is 0.734. The second-order valence-corrected chi connectivity index (χ2v) is 3.60. The van der Waals surface area contributed by atoms with Crippen LogP contribution in [0.25, 0.3) is 0 Å². The number of hydrogen-bond donors (Lipinski definition) is 2. The lowest BCUT2D eigenvalue weighted by molar-refractivity contribution is 0.101. The van der Waals surface area contributed by atoms with E-state index in [2.05, 4.69) is 0 Å². The van der Waals surface area contributed by atoms with E-state index >= 15 is 0 Å². The molecule has 76 valence electrons. The largest absolute Gasteiger partial charge is 0.508 e. The highest BCUT2D eigenvalue weighted by Gasteiger charge is 2.18. The van der Waals surface area contributed by atoms with Crippen LogP contribution >= 0.6 is 0 Å². The lowest BCUT2D eigenvalue weighted by Crippen LogP contribution is -2.02. The average molecular weight is 194 g/mol. The summed E-state index contributed by atoms with van der Waals surface area (Å²) < 4.78 is 0. The molecule has 2 N–H and O–H groups in total. The minimum Gasteiger partial charge on any atom is -0.508 e. The van der Waals surface area contributed by atoms with Crippen LogP contribution in [-0.2, 0) is 0 Å². The Labute approximate surface area is 83.0 Å². The van der Waals surface area contributed by atoms with E-state index in [1.807, 2.05) is 13.8 Å². The fraction of sp³-hybridized carbons (Fsp3) is 0.364. The van der Waals surface area contributed by atoms with Gasteiger partial charge in [0.2, 0.25) is 0 Å². The lowest BCUT2D eigenvalue weighted by atomic mass is 9.93. The van der Waals surface area contributed by atoms with Gasteiger partial charge in [-0.15, -0.1) is 0 Å². The van der Waals surface area contributed by atoms with E-state index in [9.17, 15) is 15.0 Å². The van der Waals surface area contributed by atoms with Gasteiger partial charge in [0.1, 0.15) is 11.5 Å². The van der Waals surface area contributed by atoms with Crippen LogP contribution in [0, 0.1) is 0 Å². The Kier molecular flexibility index (Phi) is 2.79. The van der Waals surface area contributed by atoms with Crippen molar-refractivity contribution in [2.24, 2.45) is 0 Å². The zero-order valence-corrected chi connectivity index (χ0v) is 8.53. The highest BCUT2D eigenvalue weighted by atomic mass is 16.3. The van der Waals surface area contributed by atoms with Crippen LogP contribution in [0.15, 0.2) is 12.1 Å². The molecule has 0 unspecified atom stereocenters. The Hall–Kier alpha value is -1.51. The van der Waals surface area contributed by atoms with Gasteiger partial charge in [0, 0.05) is 5.56 Å². The van der Waals surface area contributed by atoms with Crippen LogP contribution in [0.3, 0.4) is 0 Å². The molecule has 0 saturated heterocycles. The maximum Gasteiger partial charge on any atom is 0.163 e. The summed E-state index contributed by atoms with van der Waals surface area (Å²) in [7, 11) is 0. The summed E-state index contributed by atoms with van der Waals surface area (Å²) in [6.07, 6.45) is 0. The van der Waals surface area contributed by atoms with Crippen molar-refractivity contribution in [3.63, 3.8) is 0 Å². The fourth-order valence-electron chi connectivity index (χ4n) is 1.55. The Morgan fingerprint density at radius 2 is 1.71 bits per heavy atom. The van der Waals surface area contributed by atoms with Crippen LogP contribution in [0.5, 0.6) is 11.5 Å². The molecule has 0 aliphatic rings. The molecule has 0 bridgehead atoms. The number of phenolic OH excluding ortho intramolecular Hbond substituents is 2. The first kappa shape index (κ1) is 10.6. The highest BCUT2D eigenvalue weighted by Crippen LogP contribution is 2.34. The van der Waals surface area contributed by atoms with Crippen LogP contribution in [0.1, 0.15) is 42.6 Å². The van der Waals surface area contributed by atoms with Crippen molar-refractivity contribution in [2.45, 2.75) is 26.7 Å². The topological polar surface area (TPSA) is 57.5 Å². The molecule has 0 spiro atoms. The van der Waals surface area contributed by atoms with E-state index in [0.29, 0.717) is 5.56 Å². The molecular formula is C11H14O3. The van der Waals surface area contributed by atoms with E-state index in [1.54, 1.807) is 0 Å². The summed E-state index contributed by atoms with van der Waals surface area (Å²) in [5, 5.41) is 19.1. The molecule has 1 rings (SSSR count). The van der Waals surface area contributed by atoms with Crippen LogP contribution in [0.4, 0.5) is 0 Å². The van der Waals surface area contributed by atoms with Crippen molar-refractivity contribution in [3.8, 4) is 11.5 Å². The average Bonchev–Trinajstić information content (AvgIpc) is 2.07. The molecule has 0 amide bonds. The molecule has 3 nitrogen and oxygen atoms in total. The summed E-state index contributed by atoms with van der Waals surface area (Å²) in [6.45, 7) is 5.10. The predicted octanol–water partition coefficient (Wildman–Crippen LogP) is 2.42. The third-order valence-electron chi connectivity index (χ3n) is 2.13. The van der Waals surface area contributed by atoms with Crippen LogP contribution in [0.2, 0.25) is 0 Å². The second-order valence-electron chi connectivity index (χ2n) is 3.60. The third kappa shape index (κ3) is 1.71. The first-order valence-corrected chi connectivity index (χ1v) is 4.51. The molecule has 3 heteroatoms. The zero-order valence-electron chi connectivity index (χ0n) is 8.53. The molecule has 14 heavy (non-hydrogen) atoms. The number of rotatable bonds is 2. The summed E-state index contributed by atoms with van der Waals surface area (Å²) in [6, 6.07) is 2.73. The fourth-order valence-corrected chi connectivity index (χ4v) is 1.55. The molecule has 0 heterocycles. The van der Waals surface area contributed by atoms with Gasteiger partial charge in [0.25, 0.3) is 0 Å². The first-order valence-electron chi connectivity index (χ1n) is 4.51. The Bertz CT molecular complexity index is 367. The highest BCUT2D eigenvalue weighted by molar-refractivity contribution is 5.99. The number of aromatic hydroxyl groups is 2. The standard InChI is InChI=1S/C11H14O3/c1-6(2)10-8(13)4-5-9(14)11(10)7(3)12/h4-6,13-14H,1-3H3. The predicted molar refractivity (Wildman–Crippen MR) is 53.9 cm³/mol. The monoisotopic (exact) mass is 194 g/mol. The molecule has 0 radical (unpaired) electrons. The second kappa shape index (κ2) is 3.70. The lowest BCUT2D eigenvalue weighted by Gasteiger charge is -2.13. The number of benzene rings is 1. The van der Waals surface area contributed by atoms with E-state index in [-0.39, 0.29) is 28.8 Å². The first-order chi connectivity index (χ1) is 6.45. The molecule has 1 aromatic rings. The third-order valence-corrected chi connectivity index (χ3v) is 2.13. The van der Waals surface area contributed by atoms with Crippen LogP contribution in [-0.4, -0.2) is 16.0 Å². The SMILES string of the molecule is CC(=O)c1c(O)ccc(O)c1C(C)C. The van der Waals surface area contributed by atoms with E-state index in [1.165, 1.54) is 19.1 Å². The molecule has 0 aliphatic heterocycles. The van der Waals surface area contributed by atoms with Gasteiger partial charge in [0.15, 0.2) is 5.78 Å². The quantitative estimate of drug-likeness (QED) is 0.561. The van der Waals surface area contributed by atoms with Gasteiger partial charge >= 0.3 is 0 Å². The molecule has 0 atom stereocenters. The van der Waals surface area contributed by atoms with E-state index in [0.717, 1.165) is 0 Å². The number of Topliss-reactive ketones (excluding diaryl/α,β-unsaturated/α-hetero) is 1. The number of carbonyl (C=O) groups is 1. The van der Waals surface area contributed by atoms with Gasteiger partial charge in [-0.1, -0.05) is 13.8 Å². The molecular weight excluding hydrogens is 180 g/mol. The zero-order chi connectivity index (χ0) is 10.9. The molecule has 0 fully saturated rings. The summed E-state index contributed by atoms with van der Waals surface area (Å²) >= 11 is 0. The maximum atomic E-state index is 11.3. The van der Waals surface area contributed by atoms with Crippen LogP contribution < -0.4 is 0 Å². The van der Waals surface area contributed by atoms with Crippen molar-refractivity contribution in [1.82, 2.24) is 0 Å². The van der Waals surface area contributed by atoms with Crippen molar-refractivity contribution in [2.75, 3.05) is 0 Å². The molecule has 0 saturated carbocycles. The molecule has 1 aromatic carbocycles. The maximum absolute atomic E-state index is 11.3. The van der Waals surface area contributed by atoms with Gasteiger partial charge in [-0.3, -0.25) is 4.79 Å². The smallest absolute Gasteiger partial charge is 0.163 e. The van der Waals surface area contributed by atoms with Gasteiger partial charge < -0.3 is 10.2 Å².